The van der Waals surface area contributed by atoms with E-state index >= 15 is 0 Å². The molecule has 1 amide bonds. The minimum absolute atomic E-state index is 0.0596. The predicted molar refractivity (Wildman–Crippen MR) is 125 cm³/mol. The lowest BCUT2D eigenvalue weighted by atomic mass is 9.55. The maximum absolute atomic E-state index is 12.7. The van der Waals surface area contributed by atoms with Crippen LogP contribution in [0, 0.1) is 5.41 Å². The number of nitrogens with one attached hydrogen (secondary N) is 2. The first-order valence-corrected chi connectivity index (χ1v) is 11.3. The van der Waals surface area contributed by atoms with Crippen LogP contribution in [-0.4, -0.2) is 35.0 Å². The zero-order valence-electron chi connectivity index (χ0n) is 19.2. The van der Waals surface area contributed by atoms with Crippen molar-refractivity contribution >= 4 is 22.9 Å². The first kappa shape index (κ1) is 22.1. The molecule has 6 nitrogen and oxygen atoms in total. The fraction of sp³-hybridized carbons (Fsp3) is 0.423. The highest BCUT2D eigenvalue weighted by Crippen LogP contribution is 2.51. The van der Waals surface area contributed by atoms with E-state index in [-0.39, 0.29) is 22.7 Å². The molecule has 6 heteroatoms. The summed E-state index contributed by atoms with van der Waals surface area (Å²) in [6.45, 7) is 9.61. The van der Waals surface area contributed by atoms with Gasteiger partial charge in [0.2, 0.25) is 0 Å². The summed E-state index contributed by atoms with van der Waals surface area (Å²) < 4.78 is 5.17. The summed E-state index contributed by atoms with van der Waals surface area (Å²) in [5, 5.41) is 3.09. The fourth-order valence-electron chi connectivity index (χ4n) is 4.84. The smallest absolute Gasteiger partial charge is 0.338 e. The van der Waals surface area contributed by atoms with Crippen molar-refractivity contribution in [2.75, 3.05) is 13.2 Å². The topological polar surface area (TPSA) is 84.1 Å². The minimum atomic E-state index is -0.275. The lowest BCUT2D eigenvalue weighted by molar-refractivity contribution is 0.0525. The van der Waals surface area contributed by atoms with Gasteiger partial charge >= 0.3 is 5.97 Å². The molecule has 1 aliphatic rings. The number of fused-ring (bicyclic) bond motifs is 2. The van der Waals surface area contributed by atoms with Gasteiger partial charge in [0, 0.05) is 12.1 Å². The standard InChI is InChI=1S/C26H31N3O3/c1-5-32-24(31)19-6-8-20-17(14-19)10-11-25(2,3)26(20,4)12-13-27-23(30)18-7-9-21-22(15-18)29-16-28-21/h6-9,14-16H,5,10-13H2,1-4H3,(H,27,30)(H,28,29). The quantitative estimate of drug-likeness (QED) is 0.548. The van der Waals surface area contributed by atoms with Crippen molar-refractivity contribution in [2.45, 2.75) is 52.4 Å². The number of aromatic amines is 1. The van der Waals surface area contributed by atoms with E-state index in [9.17, 15) is 9.59 Å². The SMILES string of the molecule is CCOC(=O)c1ccc2c(c1)CCC(C)(C)C2(C)CCNC(=O)c1ccc2[nH]cnc2c1. The number of nitrogens with zero attached hydrogens (tertiary/aromatic N) is 1. The Kier molecular flexibility index (Phi) is 5.80. The molecular formula is C26H31N3O3. The molecule has 32 heavy (non-hydrogen) atoms. The normalized spacial score (nSPS) is 19.4. The Morgan fingerprint density at radius 3 is 2.69 bits per heavy atom. The van der Waals surface area contributed by atoms with Crippen LogP contribution in [0.4, 0.5) is 0 Å². The highest BCUT2D eigenvalue weighted by molar-refractivity contribution is 5.97. The van der Waals surface area contributed by atoms with Crippen LogP contribution >= 0.6 is 0 Å². The van der Waals surface area contributed by atoms with Gasteiger partial charge in [0.15, 0.2) is 0 Å². The maximum atomic E-state index is 12.7. The molecule has 0 aliphatic heterocycles. The molecule has 1 aliphatic carbocycles. The van der Waals surface area contributed by atoms with Crippen LogP contribution in [0.15, 0.2) is 42.7 Å². The zero-order valence-corrected chi connectivity index (χ0v) is 19.2. The molecule has 3 aromatic rings. The van der Waals surface area contributed by atoms with Crippen molar-refractivity contribution in [3.63, 3.8) is 0 Å². The van der Waals surface area contributed by atoms with Gasteiger partial charge in [-0.15, -0.1) is 0 Å². The third kappa shape index (κ3) is 3.90. The van der Waals surface area contributed by atoms with E-state index in [0.29, 0.717) is 24.3 Å². The number of rotatable bonds is 6. The summed E-state index contributed by atoms with van der Waals surface area (Å²) >= 11 is 0. The van der Waals surface area contributed by atoms with Crippen molar-refractivity contribution in [3.05, 3.63) is 65.0 Å². The molecule has 0 radical (unpaired) electrons. The Morgan fingerprint density at radius 1 is 1.12 bits per heavy atom. The fourth-order valence-corrected chi connectivity index (χ4v) is 4.84. The molecule has 0 spiro atoms. The number of hydrogen-bond donors (Lipinski definition) is 2. The highest BCUT2D eigenvalue weighted by Gasteiger charge is 2.45. The molecule has 1 heterocycles. The Morgan fingerprint density at radius 2 is 1.91 bits per heavy atom. The number of ether oxygens (including phenoxy) is 1. The summed E-state index contributed by atoms with van der Waals surface area (Å²) in [5.74, 6) is -0.368. The summed E-state index contributed by atoms with van der Waals surface area (Å²) in [4.78, 5) is 32.2. The molecule has 4 rings (SSSR count). The Labute approximate surface area is 188 Å². The van der Waals surface area contributed by atoms with E-state index < -0.39 is 0 Å². The third-order valence-electron chi connectivity index (χ3n) is 7.32. The Balaban J connectivity index is 1.51. The number of aromatic nitrogens is 2. The highest BCUT2D eigenvalue weighted by atomic mass is 16.5. The second kappa shape index (κ2) is 8.41. The second-order valence-corrected chi connectivity index (χ2v) is 9.45. The van der Waals surface area contributed by atoms with Gasteiger partial charge in [0.05, 0.1) is 29.5 Å². The molecule has 0 fully saturated rings. The van der Waals surface area contributed by atoms with E-state index in [1.54, 1.807) is 12.4 Å². The number of imidazole rings is 1. The molecule has 1 unspecified atom stereocenters. The van der Waals surface area contributed by atoms with Crippen LogP contribution in [0.3, 0.4) is 0 Å². The zero-order chi connectivity index (χ0) is 22.9. The molecule has 2 aromatic carbocycles. The van der Waals surface area contributed by atoms with Crippen LogP contribution in [0.25, 0.3) is 11.0 Å². The van der Waals surface area contributed by atoms with Crippen molar-refractivity contribution in [2.24, 2.45) is 5.41 Å². The van der Waals surface area contributed by atoms with Crippen LogP contribution in [0.5, 0.6) is 0 Å². The molecular weight excluding hydrogens is 402 g/mol. The van der Waals surface area contributed by atoms with Crippen LogP contribution in [0.1, 0.15) is 72.4 Å². The average Bonchev–Trinajstić information content (AvgIpc) is 3.24. The van der Waals surface area contributed by atoms with Gasteiger partial charge in [-0.05, 0) is 78.5 Å². The average molecular weight is 434 g/mol. The lowest BCUT2D eigenvalue weighted by Crippen LogP contribution is -2.45. The summed E-state index contributed by atoms with van der Waals surface area (Å²) in [7, 11) is 0. The van der Waals surface area contributed by atoms with E-state index in [1.165, 1.54) is 11.1 Å². The van der Waals surface area contributed by atoms with Gasteiger partial charge in [-0.1, -0.05) is 26.8 Å². The molecule has 0 saturated carbocycles. The van der Waals surface area contributed by atoms with E-state index in [4.69, 9.17) is 4.74 Å². The van der Waals surface area contributed by atoms with Crippen LogP contribution in [0.2, 0.25) is 0 Å². The van der Waals surface area contributed by atoms with Gasteiger partial charge in [-0.3, -0.25) is 4.79 Å². The number of aryl methyl sites for hydroxylation is 1. The lowest BCUT2D eigenvalue weighted by Gasteiger charge is -2.49. The Hall–Kier alpha value is -3.15. The van der Waals surface area contributed by atoms with Crippen molar-refractivity contribution in [1.29, 1.82) is 0 Å². The first-order valence-electron chi connectivity index (χ1n) is 11.3. The maximum Gasteiger partial charge on any atom is 0.338 e. The monoisotopic (exact) mass is 433 g/mol. The largest absolute Gasteiger partial charge is 0.462 e. The predicted octanol–water partition coefficient (Wildman–Crippen LogP) is 4.79. The number of carbonyl (C=O) groups excluding carboxylic acids is 2. The van der Waals surface area contributed by atoms with Gasteiger partial charge in [0.25, 0.3) is 5.91 Å². The van der Waals surface area contributed by atoms with Crippen LogP contribution < -0.4 is 5.32 Å². The molecule has 168 valence electrons. The van der Waals surface area contributed by atoms with Gasteiger partial charge in [-0.2, -0.15) is 0 Å². The molecule has 2 N–H and O–H groups in total. The molecule has 0 bridgehead atoms. The van der Waals surface area contributed by atoms with Crippen molar-refractivity contribution in [3.8, 4) is 0 Å². The van der Waals surface area contributed by atoms with Crippen molar-refractivity contribution in [1.82, 2.24) is 15.3 Å². The third-order valence-corrected chi connectivity index (χ3v) is 7.32. The minimum Gasteiger partial charge on any atom is -0.462 e. The summed E-state index contributed by atoms with van der Waals surface area (Å²) in [6, 6.07) is 11.4. The number of carbonyl (C=O) groups is 2. The molecule has 0 saturated heterocycles. The number of hydrogen-bond acceptors (Lipinski definition) is 4. The van der Waals surface area contributed by atoms with E-state index in [0.717, 1.165) is 30.3 Å². The summed E-state index contributed by atoms with van der Waals surface area (Å²) in [5.41, 5.74) is 5.30. The number of H-pyrrole nitrogens is 1. The summed E-state index contributed by atoms with van der Waals surface area (Å²) in [6.07, 6.45) is 4.39. The molecule has 1 atom stereocenters. The van der Waals surface area contributed by atoms with Gasteiger partial charge in [-0.25, -0.2) is 9.78 Å². The Bertz CT molecular complexity index is 1160. The second-order valence-electron chi connectivity index (χ2n) is 9.45. The van der Waals surface area contributed by atoms with Crippen LogP contribution in [-0.2, 0) is 16.6 Å². The van der Waals surface area contributed by atoms with E-state index in [1.807, 2.05) is 31.2 Å². The number of amides is 1. The first-order chi connectivity index (χ1) is 15.2. The van der Waals surface area contributed by atoms with Gasteiger partial charge in [0.1, 0.15) is 0 Å². The number of esters is 1. The van der Waals surface area contributed by atoms with Gasteiger partial charge < -0.3 is 15.0 Å². The van der Waals surface area contributed by atoms with E-state index in [2.05, 4.69) is 42.1 Å². The molecule has 1 aromatic heterocycles. The number of benzene rings is 2. The van der Waals surface area contributed by atoms with Crippen molar-refractivity contribution < 1.29 is 14.3 Å².